The molecule has 0 N–H and O–H groups in total. The second-order valence-corrected chi connectivity index (χ2v) is 8.82. The number of piperazine rings is 1. The van der Waals surface area contributed by atoms with Crippen LogP contribution >= 0.6 is 23.4 Å². The summed E-state index contributed by atoms with van der Waals surface area (Å²) < 4.78 is 1.66. The molecular weight excluding hydrogens is 410 g/mol. The van der Waals surface area contributed by atoms with Gasteiger partial charge < -0.3 is 4.90 Å². The molecule has 0 unspecified atom stereocenters. The Morgan fingerprint density at radius 2 is 1.90 bits per heavy atom. The average molecular weight is 434 g/mol. The van der Waals surface area contributed by atoms with Gasteiger partial charge in [-0.2, -0.15) is 0 Å². The first-order valence-electron chi connectivity index (χ1n) is 9.79. The third-order valence-electron chi connectivity index (χ3n) is 5.30. The van der Waals surface area contributed by atoms with E-state index >= 15 is 0 Å². The smallest absolute Gasteiger partial charge is 0.340 e. The van der Waals surface area contributed by atoms with E-state index in [-0.39, 0.29) is 11.9 Å². The third-order valence-corrected chi connectivity index (χ3v) is 6.65. The van der Waals surface area contributed by atoms with Crippen molar-refractivity contribution < 1.29 is 9.59 Å². The standard InChI is InChI=1S/C20H24ClN5O2S/c1-15-22-13-17-14-25(20(28)26(15)17)24-10-8-23(9-11-24)19(27)3-2-12-29-18-6-4-16(21)5-7-18/h4-7,13H,2-3,8-12,14H2,1H3. The number of fused-ring (bicyclic) bond motifs is 1. The maximum Gasteiger partial charge on any atom is 0.344 e. The molecule has 7 nitrogen and oxygen atoms in total. The molecule has 1 aromatic carbocycles. The summed E-state index contributed by atoms with van der Waals surface area (Å²) >= 11 is 7.64. The molecule has 0 atom stereocenters. The highest BCUT2D eigenvalue weighted by Gasteiger charge is 2.35. The van der Waals surface area contributed by atoms with Gasteiger partial charge in [0.25, 0.3) is 0 Å². The fourth-order valence-electron chi connectivity index (χ4n) is 3.71. The van der Waals surface area contributed by atoms with Crippen molar-refractivity contribution in [2.24, 2.45) is 0 Å². The number of hydrogen-bond acceptors (Lipinski definition) is 5. The molecule has 0 saturated carbocycles. The third kappa shape index (κ3) is 4.44. The van der Waals surface area contributed by atoms with Crippen molar-refractivity contribution >= 4 is 35.3 Å². The van der Waals surface area contributed by atoms with Crippen LogP contribution in [-0.4, -0.2) is 68.3 Å². The Balaban J connectivity index is 1.19. The monoisotopic (exact) mass is 433 g/mol. The Labute approximate surface area is 179 Å². The molecular formula is C20H24ClN5O2S. The van der Waals surface area contributed by atoms with Gasteiger partial charge in [-0.05, 0) is 43.4 Å². The number of benzene rings is 1. The summed E-state index contributed by atoms with van der Waals surface area (Å²) in [5.41, 5.74) is 0.921. The largest absolute Gasteiger partial charge is 0.344 e. The lowest BCUT2D eigenvalue weighted by Gasteiger charge is -2.38. The zero-order valence-electron chi connectivity index (χ0n) is 16.4. The molecule has 2 amide bonds. The number of carbonyl (C=O) groups is 2. The van der Waals surface area contributed by atoms with E-state index in [4.69, 9.17) is 11.6 Å². The summed E-state index contributed by atoms with van der Waals surface area (Å²) in [4.78, 5) is 32.4. The minimum Gasteiger partial charge on any atom is -0.340 e. The van der Waals surface area contributed by atoms with Crippen LogP contribution in [0.15, 0.2) is 35.4 Å². The summed E-state index contributed by atoms with van der Waals surface area (Å²) in [6.07, 6.45) is 3.16. The lowest BCUT2D eigenvalue weighted by atomic mass is 10.2. The number of halogens is 1. The highest BCUT2D eigenvalue weighted by molar-refractivity contribution is 7.99. The Hall–Kier alpha value is -2.03. The normalized spacial score (nSPS) is 17.1. The van der Waals surface area contributed by atoms with Crippen LogP contribution < -0.4 is 0 Å². The van der Waals surface area contributed by atoms with E-state index in [1.54, 1.807) is 27.5 Å². The molecule has 1 saturated heterocycles. The number of carbonyl (C=O) groups excluding carboxylic acids is 2. The highest BCUT2D eigenvalue weighted by Crippen LogP contribution is 2.23. The highest BCUT2D eigenvalue weighted by atomic mass is 35.5. The molecule has 3 heterocycles. The van der Waals surface area contributed by atoms with E-state index in [2.05, 4.69) is 9.99 Å². The molecule has 2 aliphatic heterocycles. The number of imidazole rings is 1. The number of amides is 2. The molecule has 2 aliphatic rings. The summed E-state index contributed by atoms with van der Waals surface area (Å²) in [6.45, 7) is 5.04. The van der Waals surface area contributed by atoms with Crippen molar-refractivity contribution in [3.8, 4) is 0 Å². The molecule has 0 spiro atoms. The van der Waals surface area contributed by atoms with E-state index in [0.717, 1.165) is 28.7 Å². The van der Waals surface area contributed by atoms with Gasteiger partial charge in [-0.15, -0.1) is 11.8 Å². The summed E-state index contributed by atoms with van der Waals surface area (Å²) in [5.74, 6) is 1.82. The molecule has 1 aromatic heterocycles. The minimum atomic E-state index is -0.0472. The molecule has 0 aliphatic carbocycles. The predicted octanol–water partition coefficient (Wildman–Crippen LogP) is 3.26. The second kappa shape index (κ2) is 8.77. The van der Waals surface area contributed by atoms with Gasteiger partial charge in [0.15, 0.2) is 0 Å². The van der Waals surface area contributed by atoms with Gasteiger partial charge in [-0.3, -0.25) is 9.80 Å². The first-order valence-corrected chi connectivity index (χ1v) is 11.2. The van der Waals surface area contributed by atoms with Crippen LogP contribution in [0.4, 0.5) is 4.79 Å². The lowest BCUT2D eigenvalue weighted by molar-refractivity contribution is -0.135. The molecule has 0 bridgehead atoms. The van der Waals surface area contributed by atoms with E-state index in [9.17, 15) is 9.59 Å². The SMILES string of the molecule is Cc1ncc2n1C(=O)N(N1CCN(C(=O)CCCSc3ccc(Cl)cc3)CC1)C2. The molecule has 2 aromatic rings. The van der Waals surface area contributed by atoms with Crippen LogP contribution in [0.25, 0.3) is 0 Å². The predicted molar refractivity (Wildman–Crippen MR) is 113 cm³/mol. The van der Waals surface area contributed by atoms with Crippen molar-refractivity contribution in [3.05, 3.63) is 47.0 Å². The van der Waals surface area contributed by atoms with Crippen molar-refractivity contribution in [1.29, 1.82) is 0 Å². The maximum atomic E-state index is 12.6. The van der Waals surface area contributed by atoms with Crippen LogP contribution in [0.2, 0.25) is 5.02 Å². The van der Waals surface area contributed by atoms with Gasteiger partial charge in [0.1, 0.15) is 5.82 Å². The number of hydrazine groups is 1. The van der Waals surface area contributed by atoms with E-state index in [1.165, 1.54) is 4.90 Å². The molecule has 9 heteroatoms. The van der Waals surface area contributed by atoms with Gasteiger partial charge in [0.05, 0.1) is 18.4 Å². The second-order valence-electron chi connectivity index (χ2n) is 7.21. The van der Waals surface area contributed by atoms with Crippen LogP contribution in [0.3, 0.4) is 0 Å². The first-order chi connectivity index (χ1) is 14.0. The quantitative estimate of drug-likeness (QED) is 0.517. The Bertz CT molecular complexity index is 893. The fourth-order valence-corrected chi connectivity index (χ4v) is 4.69. The minimum absolute atomic E-state index is 0.0472. The molecule has 154 valence electrons. The zero-order chi connectivity index (χ0) is 20.4. The van der Waals surface area contributed by atoms with Gasteiger partial charge in [-0.1, -0.05) is 11.6 Å². The zero-order valence-corrected chi connectivity index (χ0v) is 18.0. The fraction of sp³-hybridized carbons (Fsp3) is 0.450. The summed E-state index contributed by atoms with van der Waals surface area (Å²) in [6, 6.07) is 7.72. The van der Waals surface area contributed by atoms with Crippen LogP contribution in [0.5, 0.6) is 0 Å². The van der Waals surface area contributed by atoms with Gasteiger partial charge in [-0.25, -0.2) is 19.4 Å². The Morgan fingerprint density at radius 3 is 2.59 bits per heavy atom. The lowest BCUT2D eigenvalue weighted by Crippen LogP contribution is -2.55. The van der Waals surface area contributed by atoms with Gasteiger partial charge in [0, 0.05) is 42.5 Å². The first kappa shape index (κ1) is 20.3. The Kier molecular flexibility index (Phi) is 6.12. The van der Waals surface area contributed by atoms with Crippen molar-refractivity contribution in [3.63, 3.8) is 0 Å². The summed E-state index contributed by atoms with van der Waals surface area (Å²) in [5, 5.41) is 4.56. The van der Waals surface area contributed by atoms with Crippen molar-refractivity contribution in [2.75, 3.05) is 31.9 Å². The number of rotatable bonds is 6. The average Bonchev–Trinajstić information content (AvgIpc) is 3.26. The van der Waals surface area contributed by atoms with Crippen LogP contribution in [-0.2, 0) is 11.3 Å². The Morgan fingerprint density at radius 1 is 1.17 bits per heavy atom. The number of hydrogen-bond donors (Lipinski definition) is 0. The van der Waals surface area contributed by atoms with E-state index in [1.807, 2.05) is 36.1 Å². The van der Waals surface area contributed by atoms with Crippen molar-refractivity contribution in [1.82, 2.24) is 24.5 Å². The van der Waals surface area contributed by atoms with Crippen LogP contribution in [0.1, 0.15) is 24.4 Å². The molecule has 0 radical (unpaired) electrons. The van der Waals surface area contributed by atoms with Crippen molar-refractivity contribution in [2.45, 2.75) is 31.2 Å². The number of nitrogens with zero attached hydrogens (tertiary/aromatic N) is 5. The topological polar surface area (TPSA) is 61.7 Å². The molecule has 4 rings (SSSR count). The van der Waals surface area contributed by atoms with E-state index in [0.29, 0.717) is 39.1 Å². The number of thioether (sulfide) groups is 1. The molecule has 1 fully saturated rings. The van der Waals surface area contributed by atoms with E-state index < -0.39 is 0 Å². The van der Waals surface area contributed by atoms with Gasteiger partial charge >= 0.3 is 6.03 Å². The van der Waals surface area contributed by atoms with Gasteiger partial charge in [0.2, 0.25) is 5.91 Å². The summed E-state index contributed by atoms with van der Waals surface area (Å²) in [7, 11) is 0. The maximum absolute atomic E-state index is 12.6. The number of aromatic nitrogens is 2. The van der Waals surface area contributed by atoms with Crippen LogP contribution in [0, 0.1) is 6.92 Å². The number of aryl methyl sites for hydroxylation is 1. The molecule has 29 heavy (non-hydrogen) atoms.